The third kappa shape index (κ3) is 5.70. The summed E-state index contributed by atoms with van der Waals surface area (Å²) in [7, 11) is 1.32. The van der Waals surface area contributed by atoms with Crippen LogP contribution in [0.25, 0.3) is 0 Å². The summed E-state index contributed by atoms with van der Waals surface area (Å²) in [6, 6.07) is 5.06. The number of methoxy groups -OCH3 is 1. The molecule has 2 aromatic rings. The molecule has 0 atom stereocenters. The van der Waals surface area contributed by atoms with E-state index in [1.54, 1.807) is 17.0 Å². The lowest BCUT2D eigenvalue weighted by Gasteiger charge is -2.41. The third-order valence-corrected chi connectivity index (χ3v) is 6.15. The highest BCUT2D eigenvalue weighted by molar-refractivity contribution is 6.33. The second kappa shape index (κ2) is 10.2. The maximum Gasteiger partial charge on any atom is 0.410 e. The van der Waals surface area contributed by atoms with Crippen LogP contribution in [0.3, 0.4) is 0 Å². The van der Waals surface area contributed by atoms with Crippen LogP contribution >= 0.6 is 11.6 Å². The van der Waals surface area contributed by atoms with Crippen LogP contribution < -0.4 is 15.0 Å². The molecule has 0 spiro atoms. The first kappa shape index (κ1) is 24.8. The largest absolute Gasteiger partial charge is 0.485 e. The number of piperidine rings is 1. The average molecular weight is 504 g/mol. The summed E-state index contributed by atoms with van der Waals surface area (Å²) in [5.41, 5.74) is 0.416. The van der Waals surface area contributed by atoms with E-state index in [4.69, 9.17) is 25.8 Å². The van der Waals surface area contributed by atoms with Crippen LogP contribution in [0.4, 0.5) is 22.1 Å². The van der Waals surface area contributed by atoms with Gasteiger partial charge in [0.05, 0.1) is 29.9 Å². The van der Waals surface area contributed by atoms with Crippen LogP contribution in [0.5, 0.6) is 5.75 Å². The van der Waals surface area contributed by atoms with Crippen molar-refractivity contribution < 1.29 is 23.8 Å². The zero-order valence-electron chi connectivity index (χ0n) is 20.3. The van der Waals surface area contributed by atoms with E-state index < -0.39 is 11.6 Å². The second-order valence-electron chi connectivity index (χ2n) is 9.43. The van der Waals surface area contributed by atoms with Crippen LogP contribution in [0.15, 0.2) is 24.5 Å². The molecule has 188 valence electrons. The fourth-order valence-corrected chi connectivity index (χ4v) is 4.40. The number of ether oxygens (including phenoxy) is 3. The summed E-state index contributed by atoms with van der Waals surface area (Å²) in [6.45, 7) is 8.01. The Morgan fingerprint density at radius 1 is 1.17 bits per heavy atom. The van der Waals surface area contributed by atoms with Crippen molar-refractivity contribution in [2.24, 2.45) is 0 Å². The van der Waals surface area contributed by atoms with Crippen molar-refractivity contribution in [3.8, 4) is 5.75 Å². The van der Waals surface area contributed by atoms with Crippen LogP contribution in [0, 0.1) is 0 Å². The van der Waals surface area contributed by atoms with Crippen LogP contribution in [0.1, 0.15) is 44.0 Å². The summed E-state index contributed by atoms with van der Waals surface area (Å²) < 4.78 is 16.2. The van der Waals surface area contributed by atoms with Gasteiger partial charge in [-0.25, -0.2) is 19.6 Å². The minimum absolute atomic E-state index is 0.210. The molecule has 0 radical (unpaired) electrons. The van der Waals surface area contributed by atoms with Crippen molar-refractivity contribution in [3.05, 3.63) is 35.1 Å². The molecule has 10 nitrogen and oxygen atoms in total. The fourth-order valence-electron chi connectivity index (χ4n) is 4.17. The van der Waals surface area contributed by atoms with Crippen molar-refractivity contribution in [2.75, 3.05) is 43.6 Å². The predicted octanol–water partition coefficient (Wildman–Crippen LogP) is 4.26. The number of amides is 1. The molecule has 3 heterocycles. The summed E-state index contributed by atoms with van der Waals surface area (Å²) in [6.07, 6.45) is 2.80. The van der Waals surface area contributed by atoms with Gasteiger partial charge >= 0.3 is 12.1 Å². The first-order chi connectivity index (χ1) is 16.7. The molecule has 2 aliphatic rings. The van der Waals surface area contributed by atoms with E-state index in [0.717, 1.165) is 12.8 Å². The number of halogens is 1. The Balaban J connectivity index is 1.48. The van der Waals surface area contributed by atoms with Gasteiger partial charge in [-0.15, -0.1) is 0 Å². The van der Waals surface area contributed by atoms with Crippen LogP contribution in [0.2, 0.25) is 5.02 Å². The quantitative estimate of drug-likeness (QED) is 0.612. The Bertz CT molecular complexity index is 1100. The standard InChI is InChI=1S/C24H30ClN5O5/c1-24(2,3)35-23(32)29-9-7-16(8-10-29)30-11-12-34-19-20(26-14-27-21(19)30)28-18-6-5-15(13-17(18)25)22(31)33-4/h5-6,13-14,16H,7-12H2,1-4H3,(H,26,27,28). The highest BCUT2D eigenvalue weighted by Crippen LogP contribution is 2.39. The lowest BCUT2D eigenvalue weighted by atomic mass is 10.0. The monoisotopic (exact) mass is 503 g/mol. The van der Waals surface area contributed by atoms with E-state index in [1.807, 2.05) is 20.8 Å². The predicted molar refractivity (Wildman–Crippen MR) is 132 cm³/mol. The smallest absolute Gasteiger partial charge is 0.410 e. The lowest BCUT2D eigenvalue weighted by molar-refractivity contribution is 0.0203. The average Bonchev–Trinajstić information content (AvgIpc) is 2.83. The molecule has 4 rings (SSSR count). The second-order valence-corrected chi connectivity index (χ2v) is 9.83. The number of anilines is 3. The van der Waals surface area contributed by atoms with Gasteiger partial charge in [0, 0.05) is 19.1 Å². The number of esters is 1. The Labute approximate surface area is 209 Å². The van der Waals surface area contributed by atoms with Gasteiger partial charge in [-0.05, 0) is 51.8 Å². The lowest BCUT2D eigenvalue weighted by Crippen LogP contribution is -2.50. The highest BCUT2D eigenvalue weighted by atomic mass is 35.5. The molecule has 1 fully saturated rings. The highest BCUT2D eigenvalue weighted by Gasteiger charge is 2.33. The number of rotatable bonds is 4. The van der Waals surface area contributed by atoms with E-state index in [-0.39, 0.29) is 12.1 Å². The topological polar surface area (TPSA) is 106 Å². The number of carbonyl (C=O) groups excluding carboxylic acids is 2. The van der Waals surface area contributed by atoms with Gasteiger partial charge in [0.15, 0.2) is 11.6 Å². The number of hydrogen-bond acceptors (Lipinski definition) is 9. The number of aromatic nitrogens is 2. The summed E-state index contributed by atoms with van der Waals surface area (Å²) in [4.78, 5) is 37.0. The zero-order chi connectivity index (χ0) is 25.2. The van der Waals surface area contributed by atoms with Crippen molar-refractivity contribution in [2.45, 2.75) is 45.3 Å². The minimum atomic E-state index is -0.514. The van der Waals surface area contributed by atoms with Crippen molar-refractivity contribution in [3.63, 3.8) is 0 Å². The van der Waals surface area contributed by atoms with E-state index in [0.29, 0.717) is 59.9 Å². The van der Waals surface area contributed by atoms with E-state index in [9.17, 15) is 9.59 Å². The number of likely N-dealkylation sites (tertiary alicyclic amines) is 1. The van der Waals surface area contributed by atoms with E-state index in [1.165, 1.54) is 19.5 Å². The molecule has 35 heavy (non-hydrogen) atoms. The Kier molecular flexibility index (Phi) is 7.20. The van der Waals surface area contributed by atoms with Crippen LogP contribution in [-0.4, -0.2) is 71.9 Å². The Hall–Kier alpha value is -3.27. The van der Waals surface area contributed by atoms with Gasteiger partial charge in [-0.2, -0.15) is 0 Å². The SMILES string of the molecule is COC(=O)c1ccc(Nc2ncnc3c2OCCN3C2CCN(C(=O)OC(C)(C)C)CC2)c(Cl)c1. The Morgan fingerprint density at radius 2 is 1.91 bits per heavy atom. The zero-order valence-corrected chi connectivity index (χ0v) is 21.1. The van der Waals surface area contributed by atoms with Gasteiger partial charge in [-0.3, -0.25) is 0 Å². The van der Waals surface area contributed by atoms with Gasteiger partial charge in [-0.1, -0.05) is 11.6 Å². The minimum Gasteiger partial charge on any atom is -0.485 e. The summed E-state index contributed by atoms with van der Waals surface area (Å²) in [5.74, 6) is 1.27. The fraction of sp³-hybridized carbons (Fsp3) is 0.500. The molecule has 11 heteroatoms. The molecule has 1 N–H and O–H groups in total. The molecule has 0 bridgehead atoms. The summed E-state index contributed by atoms with van der Waals surface area (Å²) >= 11 is 6.39. The number of fused-ring (bicyclic) bond motifs is 1. The van der Waals surface area contributed by atoms with Crippen LogP contribution in [-0.2, 0) is 9.47 Å². The van der Waals surface area contributed by atoms with E-state index in [2.05, 4.69) is 20.2 Å². The van der Waals surface area contributed by atoms with Crippen molar-refractivity contribution >= 4 is 41.0 Å². The maximum atomic E-state index is 12.4. The van der Waals surface area contributed by atoms with Crippen molar-refractivity contribution in [1.29, 1.82) is 0 Å². The molecule has 1 amide bonds. The molecule has 0 saturated carbocycles. The van der Waals surface area contributed by atoms with Gasteiger partial charge in [0.25, 0.3) is 0 Å². The molecule has 2 aliphatic heterocycles. The molecule has 0 aliphatic carbocycles. The summed E-state index contributed by atoms with van der Waals surface area (Å²) in [5, 5.41) is 3.54. The third-order valence-electron chi connectivity index (χ3n) is 5.84. The number of carbonyl (C=O) groups is 2. The Morgan fingerprint density at radius 3 is 2.57 bits per heavy atom. The van der Waals surface area contributed by atoms with Gasteiger partial charge in [0.2, 0.25) is 5.75 Å². The molecular weight excluding hydrogens is 474 g/mol. The number of nitrogens with one attached hydrogen (secondary N) is 1. The first-order valence-electron chi connectivity index (χ1n) is 11.5. The molecule has 1 aromatic carbocycles. The van der Waals surface area contributed by atoms with Gasteiger partial charge < -0.3 is 29.3 Å². The first-order valence-corrected chi connectivity index (χ1v) is 11.9. The molecule has 0 unspecified atom stereocenters. The number of nitrogens with zero attached hydrogens (tertiary/aromatic N) is 4. The van der Waals surface area contributed by atoms with E-state index >= 15 is 0 Å². The molecule has 1 aromatic heterocycles. The normalized spacial score (nSPS) is 16.3. The number of benzene rings is 1. The van der Waals surface area contributed by atoms with Gasteiger partial charge in [0.1, 0.15) is 18.5 Å². The number of hydrogen-bond donors (Lipinski definition) is 1. The molecule has 1 saturated heterocycles. The van der Waals surface area contributed by atoms with Crippen molar-refractivity contribution in [1.82, 2.24) is 14.9 Å². The molecular formula is C24H30ClN5O5. The maximum absolute atomic E-state index is 12.4.